The molecule has 0 saturated carbocycles. The summed E-state index contributed by atoms with van der Waals surface area (Å²) >= 11 is 2.16. The Balaban J connectivity index is 1.83. The van der Waals surface area contributed by atoms with Crippen LogP contribution in [-0.4, -0.2) is 9.78 Å². The number of hydrogen-bond acceptors (Lipinski definition) is 3. The maximum absolute atomic E-state index is 5.43. The predicted octanol–water partition coefficient (Wildman–Crippen LogP) is 1.91. The lowest BCUT2D eigenvalue weighted by Gasteiger charge is -2.02. The summed E-state index contributed by atoms with van der Waals surface area (Å²) in [5, 5.41) is 7.40. The zero-order valence-corrected chi connectivity index (χ0v) is 10.6. The Hall–Kier alpha value is -0.820. The Labute approximate surface area is 102 Å². The first-order valence-electron chi connectivity index (χ1n) is 4.67. The summed E-state index contributed by atoms with van der Waals surface area (Å²) in [6.45, 7) is 1.54. The van der Waals surface area contributed by atoms with Crippen molar-refractivity contribution in [2.75, 3.05) is 0 Å². The molecule has 0 fully saturated rings. The minimum atomic E-state index is 0.744. The van der Waals surface area contributed by atoms with Gasteiger partial charge in [0.05, 0.1) is 12.2 Å². The Kier molecular flexibility index (Phi) is 3.42. The van der Waals surface area contributed by atoms with Crippen molar-refractivity contribution in [3.05, 3.63) is 39.6 Å². The van der Waals surface area contributed by atoms with E-state index in [0.717, 1.165) is 28.3 Å². The minimum absolute atomic E-state index is 0.744. The molecule has 2 rings (SSSR count). The molecule has 4 nitrogen and oxygen atoms in total. The van der Waals surface area contributed by atoms with Crippen LogP contribution in [0.15, 0.2) is 28.8 Å². The molecule has 0 aromatic carbocycles. The van der Waals surface area contributed by atoms with Crippen LogP contribution < -0.4 is 5.32 Å². The van der Waals surface area contributed by atoms with Gasteiger partial charge >= 0.3 is 0 Å². The van der Waals surface area contributed by atoms with Crippen LogP contribution >= 0.6 is 22.6 Å². The van der Waals surface area contributed by atoms with Crippen LogP contribution in [0.4, 0.5) is 0 Å². The van der Waals surface area contributed by atoms with Crippen LogP contribution in [0, 0.1) is 3.77 Å². The van der Waals surface area contributed by atoms with Crippen molar-refractivity contribution in [2.24, 2.45) is 7.05 Å². The second-order valence-corrected chi connectivity index (χ2v) is 4.32. The van der Waals surface area contributed by atoms with E-state index >= 15 is 0 Å². The Morgan fingerprint density at radius 1 is 1.40 bits per heavy atom. The van der Waals surface area contributed by atoms with Gasteiger partial charge in [-0.2, -0.15) is 5.10 Å². The molecule has 0 saturated heterocycles. The van der Waals surface area contributed by atoms with Crippen LogP contribution in [0.5, 0.6) is 0 Å². The van der Waals surface area contributed by atoms with E-state index in [0.29, 0.717) is 0 Å². The highest BCUT2D eigenvalue weighted by Crippen LogP contribution is 2.09. The van der Waals surface area contributed by atoms with Crippen LogP contribution in [0.3, 0.4) is 0 Å². The second-order valence-electron chi connectivity index (χ2n) is 3.26. The molecule has 2 aromatic rings. The Morgan fingerprint density at radius 3 is 2.87 bits per heavy atom. The van der Waals surface area contributed by atoms with Gasteiger partial charge in [0.15, 0.2) is 3.77 Å². The van der Waals surface area contributed by atoms with E-state index in [9.17, 15) is 0 Å². The molecule has 80 valence electrons. The van der Waals surface area contributed by atoms with Gasteiger partial charge in [0, 0.05) is 19.8 Å². The summed E-state index contributed by atoms with van der Waals surface area (Å²) in [5.74, 6) is 0.960. The van der Waals surface area contributed by atoms with Crippen molar-refractivity contribution >= 4 is 22.6 Å². The first-order valence-corrected chi connectivity index (χ1v) is 5.75. The Morgan fingerprint density at radius 2 is 2.27 bits per heavy atom. The third kappa shape index (κ3) is 2.82. The first-order chi connectivity index (χ1) is 7.25. The number of aromatic nitrogens is 2. The molecule has 0 bridgehead atoms. The molecule has 2 aromatic heterocycles. The predicted molar refractivity (Wildman–Crippen MR) is 65.2 cm³/mol. The minimum Gasteiger partial charge on any atom is -0.454 e. The third-order valence-electron chi connectivity index (χ3n) is 2.16. The maximum Gasteiger partial charge on any atom is 0.164 e. The Bertz CT molecular complexity index is 435. The number of rotatable bonds is 4. The van der Waals surface area contributed by atoms with Gasteiger partial charge in [-0.3, -0.25) is 4.68 Å². The summed E-state index contributed by atoms with van der Waals surface area (Å²) in [7, 11) is 1.94. The van der Waals surface area contributed by atoms with Gasteiger partial charge in [0.25, 0.3) is 0 Å². The van der Waals surface area contributed by atoms with Gasteiger partial charge in [-0.15, -0.1) is 0 Å². The van der Waals surface area contributed by atoms with Gasteiger partial charge in [-0.1, -0.05) is 0 Å². The molecule has 0 aliphatic rings. The second kappa shape index (κ2) is 4.80. The van der Waals surface area contributed by atoms with E-state index in [4.69, 9.17) is 4.42 Å². The average molecular weight is 317 g/mol. The van der Waals surface area contributed by atoms with E-state index in [-0.39, 0.29) is 0 Å². The number of furan rings is 1. The molecule has 0 aliphatic heterocycles. The molecule has 15 heavy (non-hydrogen) atoms. The quantitative estimate of drug-likeness (QED) is 0.876. The zero-order valence-electron chi connectivity index (χ0n) is 8.40. The lowest BCUT2D eigenvalue weighted by molar-refractivity contribution is 0.460. The van der Waals surface area contributed by atoms with Gasteiger partial charge in [0.1, 0.15) is 5.76 Å². The molecule has 2 heterocycles. The zero-order chi connectivity index (χ0) is 10.7. The fourth-order valence-corrected chi connectivity index (χ4v) is 1.80. The van der Waals surface area contributed by atoms with Crippen molar-refractivity contribution in [1.29, 1.82) is 0 Å². The average Bonchev–Trinajstić information content (AvgIpc) is 2.77. The number of aryl methyl sites for hydroxylation is 1. The van der Waals surface area contributed by atoms with Crippen molar-refractivity contribution in [3.63, 3.8) is 0 Å². The van der Waals surface area contributed by atoms with Crippen LogP contribution in [0.25, 0.3) is 0 Å². The highest BCUT2D eigenvalue weighted by atomic mass is 127. The van der Waals surface area contributed by atoms with E-state index in [2.05, 4.69) is 33.0 Å². The van der Waals surface area contributed by atoms with Gasteiger partial charge in [0.2, 0.25) is 0 Å². The molecule has 0 atom stereocenters. The fourth-order valence-electron chi connectivity index (χ4n) is 1.34. The largest absolute Gasteiger partial charge is 0.454 e. The van der Waals surface area contributed by atoms with Crippen molar-refractivity contribution < 1.29 is 4.42 Å². The van der Waals surface area contributed by atoms with Crippen LogP contribution in [-0.2, 0) is 20.1 Å². The molecule has 0 aliphatic carbocycles. The molecule has 5 heteroatoms. The maximum atomic E-state index is 5.43. The summed E-state index contributed by atoms with van der Waals surface area (Å²) in [6.07, 6.45) is 1.80. The lowest BCUT2D eigenvalue weighted by Crippen LogP contribution is -2.14. The fraction of sp³-hybridized carbons (Fsp3) is 0.300. The molecule has 1 N–H and O–H groups in total. The van der Waals surface area contributed by atoms with Crippen LogP contribution in [0.2, 0.25) is 0 Å². The van der Waals surface area contributed by atoms with Gasteiger partial charge < -0.3 is 9.73 Å². The number of nitrogens with one attached hydrogen (secondary N) is 1. The SMILES string of the molecule is Cn1nccc1CNCc1ccc(I)o1. The van der Waals surface area contributed by atoms with E-state index in [1.165, 1.54) is 0 Å². The smallest absolute Gasteiger partial charge is 0.164 e. The summed E-state index contributed by atoms with van der Waals surface area (Å²) < 4.78 is 8.22. The van der Waals surface area contributed by atoms with Crippen molar-refractivity contribution in [1.82, 2.24) is 15.1 Å². The van der Waals surface area contributed by atoms with E-state index in [1.807, 2.05) is 29.9 Å². The highest BCUT2D eigenvalue weighted by Gasteiger charge is 2.00. The van der Waals surface area contributed by atoms with Gasteiger partial charge in [-0.25, -0.2) is 0 Å². The van der Waals surface area contributed by atoms with E-state index in [1.54, 1.807) is 6.20 Å². The molecule has 0 amide bonds. The molecular weight excluding hydrogens is 305 g/mol. The van der Waals surface area contributed by atoms with E-state index < -0.39 is 0 Å². The number of hydrogen-bond donors (Lipinski definition) is 1. The standard InChI is InChI=1S/C10H12IN3O/c1-14-8(4-5-13-14)6-12-7-9-2-3-10(11)15-9/h2-5,12H,6-7H2,1H3. The van der Waals surface area contributed by atoms with Gasteiger partial charge in [-0.05, 0) is 40.8 Å². The summed E-state index contributed by atoms with van der Waals surface area (Å²) in [5.41, 5.74) is 1.16. The topological polar surface area (TPSA) is 43.0 Å². The van der Waals surface area contributed by atoms with Crippen molar-refractivity contribution in [3.8, 4) is 0 Å². The highest BCUT2D eigenvalue weighted by molar-refractivity contribution is 14.1. The molecular formula is C10H12IN3O. The molecule has 0 unspecified atom stereocenters. The lowest BCUT2D eigenvalue weighted by atomic mass is 10.4. The summed E-state index contributed by atoms with van der Waals surface area (Å²) in [6, 6.07) is 5.94. The summed E-state index contributed by atoms with van der Waals surface area (Å²) in [4.78, 5) is 0. The third-order valence-corrected chi connectivity index (χ3v) is 2.74. The monoisotopic (exact) mass is 317 g/mol. The van der Waals surface area contributed by atoms with Crippen molar-refractivity contribution in [2.45, 2.75) is 13.1 Å². The molecule has 0 radical (unpaired) electrons. The van der Waals surface area contributed by atoms with Crippen LogP contribution in [0.1, 0.15) is 11.5 Å². The number of halogens is 1. The normalized spacial score (nSPS) is 10.8. The number of nitrogens with zero attached hydrogens (tertiary/aromatic N) is 2. The molecule has 0 spiro atoms. The first kappa shape index (κ1) is 10.7.